The van der Waals surface area contributed by atoms with Gasteiger partial charge in [0.2, 0.25) is 11.9 Å². The number of nitrogens with one attached hydrogen (secondary N) is 1. The Labute approximate surface area is 234 Å². The van der Waals surface area contributed by atoms with Crippen molar-refractivity contribution >= 4 is 23.9 Å². The summed E-state index contributed by atoms with van der Waals surface area (Å²) >= 11 is 0. The molecule has 0 aromatic heterocycles. The lowest BCUT2D eigenvalue weighted by molar-refractivity contribution is -0.121. The fourth-order valence-electron chi connectivity index (χ4n) is 2.77. The molecule has 2 amide bonds. The average molecular weight is 541 g/mol. The number of amides is 2. The SMILES string of the molecule is CC/C=C\C/C=C\C/C=C\C/C=C\C/C=C\C/C=C\CCC(=O)NCCCOC(=O)/N=C(N)/N=C(\N)N(C)C. The number of nitrogens with zero attached hydrogens (tertiary/aromatic N) is 3. The van der Waals surface area contributed by atoms with Gasteiger partial charge >= 0.3 is 6.09 Å². The molecular weight excluding hydrogens is 492 g/mol. The first-order chi connectivity index (χ1) is 18.9. The van der Waals surface area contributed by atoms with Crippen molar-refractivity contribution in [3.05, 3.63) is 72.9 Å². The smallest absolute Gasteiger partial charge is 0.436 e. The van der Waals surface area contributed by atoms with Crippen molar-refractivity contribution in [2.45, 2.75) is 64.7 Å². The van der Waals surface area contributed by atoms with Crippen LogP contribution in [-0.2, 0) is 9.53 Å². The van der Waals surface area contributed by atoms with Gasteiger partial charge in [-0.1, -0.05) is 79.8 Å². The van der Waals surface area contributed by atoms with E-state index in [-0.39, 0.29) is 24.4 Å². The van der Waals surface area contributed by atoms with E-state index in [2.05, 4.69) is 89.1 Å². The molecule has 0 aliphatic heterocycles. The molecule has 0 aliphatic rings. The average Bonchev–Trinajstić information content (AvgIpc) is 2.89. The molecule has 9 heteroatoms. The maximum absolute atomic E-state index is 11.9. The van der Waals surface area contributed by atoms with Gasteiger partial charge in [0.05, 0.1) is 6.61 Å². The number of carbonyl (C=O) groups excluding carboxylic acids is 2. The molecule has 0 fully saturated rings. The van der Waals surface area contributed by atoms with E-state index in [1.54, 1.807) is 14.1 Å². The molecule has 0 aromatic rings. The molecule has 0 atom stereocenters. The third-order valence-electron chi connectivity index (χ3n) is 4.90. The van der Waals surface area contributed by atoms with Gasteiger partial charge in [0.1, 0.15) is 0 Å². The number of hydrogen-bond donors (Lipinski definition) is 3. The van der Waals surface area contributed by atoms with Crippen LogP contribution in [-0.4, -0.2) is 56.1 Å². The van der Waals surface area contributed by atoms with Crippen LogP contribution in [0.25, 0.3) is 0 Å². The summed E-state index contributed by atoms with van der Waals surface area (Å²) in [4.78, 5) is 32.2. The quantitative estimate of drug-likeness (QED) is 0.0934. The van der Waals surface area contributed by atoms with Crippen molar-refractivity contribution in [1.29, 1.82) is 0 Å². The summed E-state index contributed by atoms with van der Waals surface area (Å²) in [7, 11) is 3.37. The molecule has 9 nitrogen and oxygen atoms in total. The van der Waals surface area contributed by atoms with Gasteiger partial charge < -0.3 is 26.4 Å². The fourth-order valence-corrected chi connectivity index (χ4v) is 2.77. The Morgan fingerprint density at radius 2 is 1.26 bits per heavy atom. The van der Waals surface area contributed by atoms with Crippen molar-refractivity contribution in [3.8, 4) is 0 Å². The van der Waals surface area contributed by atoms with Crippen LogP contribution in [0.15, 0.2) is 82.9 Å². The minimum absolute atomic E-state index is 0.0448. The molecule has 0 heterocycles. The van der Waals surface area contributed by atoms with Gasteiger partial charge in [-0.2, -0.15) is 4.99 Å². The Bertz CT molecular complexity index is 912. The molecule has 0 rings (SSSR count). The maximum atomic E-state index is 11.9. The summed E-state index contributed by atoms with van der Waals surface area (Å²) in [5, 5.41) is 2.79. The molecule has 5 N–H and O–H groups in total. The first-order valence-electron chi connectivity index (χ1n) is 13.6. The number of hydrogen-bond acceptors (Lipinski definition) is 3. The third kappa shape index (κ3) is 25.5. The normalized spacial score (nSPS) is 13.2. The second kappa shape index (κ2) is 25.8. The lowest BCUT2D eigenvalue weighted by Crippen LogP contribution is -2.32. The monoisotopic (exact) mass is 540 g/mol. The summed E-state index contributed by atoms with van der Waals surface area (Å²) in [5.41, 5.74) is 11.1. The molecule has 0 aliphatic carbocycles. The summed E-state index contributed by atoms with van der Waals surface area (Å²) in [6.07, 6.45) is 32.3. The van der Waals surface area contributed by atoms with E-state index in [0.717, 1.165) is 38.5 Å². The molecule has 0 aromatic carbocycles. The Morgan fingerprint density at radius 1 is 0.769 bits per heavy atom. The van der Waals surface area contributed by atoms with Crippen molar-refractivity contribution in [2.24, 2.45) is 21.5 Å². The zero-order chi connectivity index (χ0) is 29.0. The molecule has 216 valence electrons. The number of rotatable bonds is 18. The van der Waals surface area contributed by atoms with Gasteiger partial charge in [-0.05, 0) is 51.4 Å². The van der Waals surface area contributed by atoms with E-state index < -0.39 is 6.09 Å². The first-order valence-corrected chi connectivity index (χ1v) is 13.6. The van der Waals surface area contributed by atoms with Gasteiger partial charge in [-0.25, -0.2) is 4.79 Å². The second-order valence-electron chi connectivity index (χ2n) is 8.61. The highest BCUT2D eigenvalue weighted by molar-refractivity contribution is 5.97. The van der Waals surface area contributed by atoms with Gasteiger partial charge in [0.15, 0.2) is 5.96 Å². The predicted molar refractivity (Wildman–Crippen MR) is 163 cm³/mol. The highest BCUT2D eigenvalue weighted by Crippen LogP contribution is 1.98. The topological polar surface area (TPSA) is 135 Å². The van der Waals surface area contributed by atoms with Crippen molar-refractivity contribution in [3.63, 3.8) is 0 Å². The number of carbonyl (C=O) groups is 2. The van der Waals surface area contributed by atoms with Crippen LogP contribution in [0, 0.1) is 0 Å². The zero-order valence-electron chi connectivity index (χ0n) is 23.9. The zero-order valence-corrected chi connectivity index (χ0v) is 23.9. The lowest BCUT2D eigenvalue weighted by atomic mass is 10.2. The van der Waals surface area contributed by atoms with Crippen LogP contribution in [0.1, 0.15) is 64.7 Å². The van der Waals surface area contributed by atoms with Crippen LogP contribution in [0.3, 0.4) is 0 Å². The highest BCUT2D eigenvalue weighted by Gasteiger charge is 2.04. The lowest BCUT2D eigenvalue weighted by Gasteiger charge is -2.09. The van der Waals surface area contributed by atoms with Gasteiger partial charge in [0, 0.05) is 27.1 Å². The van der Waals surface area contributed by atoms with E-state index in [4.69, 9.17) is 16.2 Å². The van der Waals surface area contributed by atoms with Crippen LogP contribution >= 0.6 is 0 Å². The Morgan fingerprint density at radius 3 is 1.74 bits per heavy atom. The summed E-state index contributed by atoms with van der Waals surface area (Å²) < 4.78 is 4.93. The predicted octanol–water partition coefficient (Wildman–Crippen LogP) is 5.30. The van der Waals surface area contributed by atoms with E-state index in [0.29, 0.717) is 25.8 Å². The van der Waals surface area contributed by atoms with E-state index in [9.17, 15) is 9.59 Å². The second-order valence-corrected chi connectivity index (χ2v) is 8.61. The number of nitrogens with two attached hydrogens (primary N) is 2. The Balaban J connectivity index is 3.76. The maximum Gasteiger partial charge on any atom is 0.436 e. The number of allylic oxidation sites excluding steroid dienone is 12. The van der Waals surface area contributed by atoms with Crippen LogP contribution in [0.5, 0.6) is 0 Å². The molecule has 0 radical (unpaired) electrons. The number of aliphatic imine (C=N–C) groups is 2. The van der Waals surface area contributed by atoms with Crippen LogP contribution in [0.4, 0.5) is 4.79 Å². The third-order valence-corrected chi connectivity index (χ3v) is 4.90. The van der Waals surface area contributed by atoms with Crippen LogP contribution < -0.4 is 16.8 Å². The largest absolute Gasteiger partial charge is 0.448 e. The summed E-state index contributed by atoms with van der Waals surface area (Å²) in [6, 6.07) is 0. The fraction of sp³-hybridized carbons (Fsp3) is 0.467. The van der Waals surface area contributed by atoms with Crippen molar-refractivity contribution in [1.82, 2.24) is 10.2 Å². The molecule has 0 saturated heterocycles. The van der Waals surface area contributed by atoms with Crippen molar-refractivity contribution < 1.29 is 14.3 Å². The van der Waals surface area contributed by atoms with Gasteiger partial charge in [-0.15, -0.1) is 4.99 Å². The molecular formula is C30H48N6O3. The standard InChI is InChI=1S/C30H48N6O3/c1-4-5-6-7-8-9-10-11-12-13-14-15-16-17-18-19-20-21-22-24-27(37)33-25-23-26-39-30(38)35-28(31)34-29(32)36(2)3/h5-6,8-9,11-12,14-15,17-18,20-21H,4,7,10,13,16,19,22-26H2,1-3H3,(H,33,37)(H4,31,32,34,35,38)/b6-5-,9-8-,12-11-,15-14-,18-17-,21-20-. The van der Waals surface area contributed by atoms with E-state index in [1.807, 2.05) is 6.08 Å². The molecule has 39 heavy (non-hydrogen) atoms. The summed E-state index contributed by atoms with van der Waals surface area (Å²) in [6.45, 7) is 2.65. The minimum Gasteiger partial charge on any atom is -0.448 e. The van der Waals surface area contributed by atoms with Crippen molar-refractivity contribution in [2.75, 3.05) is 27.2 Å². The number of ether oxygens (including phenoxy) is 1. The van der Waals surface area contributed by atoms with E-state index >= 15 is 0 Å². The Kier molecular flexibility index (Phi) is 23.2. The molecule has 0 spiro atoms. The van der Waals surface area contributed by atoms with Crippen LogP contribution in [0.2, 0.25) is 0 Å². The van der Waals surface area contributed by atoms with E-state index in [1.165, 1.54) is 4.90 Å². The first kappa shape index (κ1) is 35.1. The molecule has 0 saturated carbocycles. The Hall–Kier alpha value is -3.88. The number of guanidine groups is 2. The highest BCUT2D eigenvalue weighted by atomic mass is 16.5. The molecule has 0 unspecified atom stereocenters. The minimum atomic E-state index is -0.855. The summed E-state index contributed by atoms with van der Waals surface area (Å²) in [5.74, 6) is -0.207. The van der Waals surface area contributed by atoms with Gasteiger partial charge in [-0.3, -0.25) is 4.79 Å². The van der Waals surface area contributed by atoms with Gasteiger partial charge in [0.25, 0.3) is 0 Å². The molecule has 0 bridgehead atoms.